The van der Waals surface area contributed by atoms with Crippen LogP contribution in [-0.4, -0.2) is 16.1 Å². The van der Waals surface area contributed by atoms with Crippen molar-refractivity contribution in [1.82, 2.24) is 14.9 Å². The van der Waals surface area contributed by atoms with Gasteiger partial charge in [0.15, 0.2) is 0 Å². The van der Waals surface area contributed by atoms with Crippen LogP contribution in [0.25, 0.3) is 5.69 Å². The van der Waals surface area contributed by atoms with Crippen LogP contribution in [0.4, 0.5) is 0 Å². The Balaban J connectivity index is 1.95. The highest BCUT2D eigenvalue weighted by molar-refractivity contribution is 6.30. The normalized spacial score (nSPS) is 14.2. The zero-order chi connectivity index (χ0) is 14.7. The molecule has 1 aromatic heterocycles. The second kappa shape index (κ2) is 6.63. The minimum Gasteiger partial charge on any atom is -0.313 e. The standard InChI is InChI=1S/C17H22ClN3/c1-2-9-19-11-13-10-14(18)7-8-16(13)21-12-20-15-5-3-4-6-17(15)21/h7-8,10,12,19H,2-6,9,11H2,1H3. The van der Waals surface area contributed by atoms with E-state index in [0.717, 1.165) is 37.4 Å². The Morgan fingerprint density at radius 1 is 1.29 bits per heavy atom. The van der Waals surface area contributed by atoms with Crippen LogP contribution in [0, 0.1) is 0 Å². The summed E-state index contributed by atoms with van der Waals surface area (Å²) in [7, 11) is 0. The van der Waals surface area contributed by atoms with E-state index >= 15 is 0 Å². The second-order valence-corrected chi connectivity index (χ2v) is 6.10. The monoisotopic (exact) mass is 303 g/mol. The number of imidazole rings is 1. The van der Waals surface area contributed by atoms with Crippen molar-refractivity contribution in [2.45, 2.75) is 45.6 Å². The first-order valence-electron chi connectivity index (χ1n) is 7.84. The highest BCUT2D eigenvalue weighted by Gasteiger charge is 2.17. The van der Waals surface area contributed by atoms with Crippen molar-refractivity contribution in [3.8, 4) is 5.69 Å². The van der Waals surface area contributed by atoms with Gasteiger partial charge in [0.1, 0.15) is 0 Å². The van der Waals surface area contributed by atoms with E-state index in [1.807, 2.05) is 12.4 Å². The van der Waals surface area contributed by atoms with Crippen molar-refractivity contribution in [3.63, 3.8) is 0 Å². The smallest absolute Gasteiger partial charge is 0.0997 e. The number of aromatic nitrogens is 2. The number of rotatable bonds is 5. The molecule has 1 aliphatic carbocycles. The predicted molar refractivity (Wildman–Crippen MR) is 87.2 cm³/mol. The maximum absolute atomic E-state index is 6.18. The fraction of sp³-hybridized carbons (Fsp3) is 0.471. The average molecular weight is 304 g/mol. The molecule has 0 aliphatic heterocycles. The Hall–Kier alpha value is -1.32. The molecule has 0 saturated heterocycles. The van der Waals surface area contributed by atoms with Gasteiger partial charge >= 0.3 is 0 Å². The SMILES string of the molecule is CCCNCc1cc(Cl)ccc1-n1cnc2c1CCCC2. The van der Waals surface area contributed by atoms with E-state index in [4.69, 9.17) is 11.6 Å². The molecule has 3 rings (SSSR count). The van der Waals surface area contributed by atoms with Crippen LogP contribution in [0.15, 0.2) is 24.5 Å². The third-order valence-electron chi connectivity index (χ3n) is 4.07. The quantitative estimate of drug-likeness (QED) is 0.849. The van der Waals surface area contributed by atoms with E-state index in [2.05, 4.69) is 33.9 Å². The van der Waals surface area contributed by atoms with E-state index in [-0.39, 0.29) is 0 Å². The molecule has 0 atom stereocenters. The molecule has 112 valence electrons. The Morgan fingerprint density at radius 2 is 2.14 bits per heavy atom. The maximum atomic E-state index is 6.18. The van der Waals surface area contributed by atoms with E-state index in [0.29, 0.717) is 0 Å². The molecule has 0 amide bonds. The first-order valence-corrected chi connectivity index (χ1v) is 8.22. The van der Waals surface area contributed by atoms with Crippen LogP contribution in [-0.2, 0) is 19.4 Å². The Kier molecular flexibility index (Phi) is 4.61. The number of hydrogen-bond donors (Lipinski definition) is 1. The van der Waals surface area contributed by atoms with Gasteiger partial charge in [-0.2, -0.15) is 0 Å². The fourth-order valence-electron chi connectivity index (χ4n) is 3.01. The number of hydrogen-bond acceptors (Lipinski definition) is 2. The van der Waals surface area contributed by atoms with Gasteiger partial charge in [0.25, 0.3) is 0 Å². The third kappa shape index (κ3) is 3.14. The lowest BCUT2D eigenvalue weighted by molar-refractivity contribution is 0.650. The Bertz CT molecular complexity index is 618. The van der Waals surface area contributed by atoms with Crippen LogP contribution in [0.5, 0.6) is 0 Å². The number of benzene rings is 1. The molecule has 0 bridgehead atoms. The summed E-state index contributed by atoms with van der Waals surface area (Å²) in [6, 6.07) is 6.14. The van der Waals surface area contributed by atoms with Gasteiger partial charge in [-0.15, -0.1) is 0 Å². The van der Waals surface area contributed by atoms with Gasteiger partial charge in [0.05, 0.1) is 17.7 Å². The van der Waals surface area contributed by atoms with Crippen molar-refractivity contribution >= 4 is 11.6 Å². The summed E-state index contributed by atoms with van der Waals surface area (Å²) in [5.74, 6) is 0. The summed E-state index contributed by atoms with van der Waals surface area (Å²) in [5.41, 5.74) is 5.09. The van der Waals surface area contributed by atoms with Crippen molar-refractivity contribution < 1.29 is 0 Å². The van der Waals surface area contributed by atoms with Crippen LogP contribution in [0.3, 0.4) is 0 Å². The van der Waals surface area contributed by atoms with Gasteiger partial charge in [-0.1, -0.05) is 18.5 Å². The van der Waals surface area contributed by atoms with E-state index < -0.39 is 0 Å². The van der Waals surface area contributed by atoms with Gasteiger partial charge in [-0.25, -0.2) is 4.98 Å². The molecule has 0 fully saturated rings. The summed E-state index contributed by atoms with van der Waals surface area (Å²) >= 11 is 6.18. The van der Waals surface area contributed by atoms with Crippen LogP contribution < -0.4 is 5.32 Å². The van der Waals surface area contributed by atoms with E-state index in [1.165, 1.54) is 35.5 Å². The van der Waals surface area contributed by atoms with E-state index in [1.54, 1.807) is 0 Å². The lowest BCUT2D eigenvalue weighted by Crippen LogP contribution is -2.16. The maximum Gasteiger partial charge on any atom is 0.0997 e. The lowest BCUT2D eigenvalue weighted by atomic mass is 10.0. The van der Waals surface area contributed by atoms with Crippen molar-refractivity contribution in [2.24, 2.45) is 0 Å². The van der Waals surface area contributed by atoms with Crippen molar-refractivity contribution in [1.29, 1.82) is 0 Å². The molecular weight excluding hydrogens is 282 g/mol. The predicted octanol–water partition coefficient (Wildman–Crippen LogP) is 3.90. The molecule has 0 spiro atoms. The van der Waals surface area contributed by atoms with Gasteiger partial charge < -0.3 is 9.88 Å². The lowest BCUT2D eigenvalue weighted by Gasteiger charge is -2.17. The largest absolute Gasteiger partial charge is 0.313 e. The number of fused-ring (bicyclic) bond motifs is 1. The van der Waals surface area contributed by atoms with Gasteiger partial charge in [-0.05, 0) is 62.4 Å². The molecular formula is C17H22ClN3. The zero-order valence-electron chi connectivity index (χ0n) is 12.5. The number of nitrogens with one attached hydrogen (secondary N) is 1. The molecule has 1 aliphatic rings. The summed E-state index contributed by atoms with van der Waals surface area (Å²) in [4.78, 5) is 4.60. The first-order chi connectivity index (χ1) is 10.3. The number of nitrogens with zero attached hydrogens (tertiary/aromatic N) is 2. The van der Waals surface area contributed by atoms with Gasteiger partial charge in [0, 0.05) is 17.3 Å². The summed E-state index contributed by atoms with van der Waals surface area (Å²) in [6.45, 7) is 4.04. The third-order valence-corrected chi connectivity index (χ3v) is 4.31. The molecule has 3 nitrogen and oxygen atoms in total. The molecule has 0 radical (unpaired) electrons. The highest BCUT2D eigenvalue weighted by atomic mass is 35.5. The van der Waals surface area contributed by atoms with E-state index in [9.17, 15) is 0 Å². The number of aryl methyl sites for hydroxylation is 1. The zero-order valence-corrected chi connectivity index (χ0v) is 13.3. The molecule has 2 aromatic rings. The molecule has 1 N–H and O–H groups in total. The summed E-state index contributed by atoms with van der Waals surface area (Å²) < 4.78 is 2.26. The van der Waals surface area contributed by atoms with Crippen molar-refractivity contribution in [2.75, 3.05) is 6.54 Å². The molecule has 21 heavy (non-hydrogen) atoms. The molecule has 4 heteroatoms. The van der Waals surface area contributed by atoms with Gasteiger partial charge in [0.2, 0.25) is 0 Å². The molecule has 0 unspecified atom stereocenters. The molecule has 1 aromatic carbocycles. The highest BCUT2D eigenvalue weighted by Crippen LogP contribution is 2.26. The summed E-state index contributed by atoms with van der Waals surface area (Å²) in [5, 5.41) is 4.26. The first kappa shape index (κ1) is 14.6. The van der Waals surface area contributed by atoms with Gasteiger partial charge in [-0.3, -0.25) is 0 Å². The minimum atomic E-state index is 0.793. The van der Waals surface area contributed by atoms with Crippen molar-refractivity contribution in [3.05, 3.63) is 46.5 Å². The van der Waals surface area contributed by atoms with Crippen LogP contribution in [0.2, 0.25) is 5.02 Å². The Labute approximate surface area is 131 Å². The minimum absolute atomic E-state index is 0.793. The Morgan fingerprint density at radius 3 is 3.00 bits per heavy atom. The van der Waals surface area contributed by atoms with Crippen LogP contribution in [0.1, 0.15) is 43.1 Å². The summed E-state index contributed by atoms with van der Waals surface area (Å²) in [6.07, 6.45) is 7.86. The molecule has 0 saturated carbocycles. The average Bonchev–Trinajstić information content (AvgIpc) is 2.92. The van der Waals surface area contributed by atoms with Crippen LogP contribution >= 0.6 is 11.6 Å². The fourth-order valence-corrected chi connectivity index (χ4v) is 3.20. The molecule has 1 heterocycles. The topological polar surface area (TPSA) is 29.9 Å². The number of halogens is 1. The second-order valence-electron chi connectivity index (χ2n) is 5.66.